The first-order valence-electron chi connectivity index (χ1n) is 13.3. The van der Waals surface area contributed by atoms with Crippen LogP contribution >= 0.6 is 11.8 Å². The van der Waals surface area contributed by atoms with E-state index in [2.05, 4.69) is 0 Å². The van der Waals surface area contributed by atoms with E-state index in [1.807, 2.05) is 97.1 Å². The van der Waals surface area contributed by atoms with Crippen molar-refractivity contribution in [3.63, 3.8) is 0 Å². The van der Waals surface area contributed by atoms with E-state index in [9.17, 15) is 9.90 Å². The van der Waals surface area contributed by atoms with Gasteiger partial charge in [-0.25, -0.2) is 4.79 Å². The minimum atomic E-state index is -1.10. The minimum absolute atomic E-state index is 0.145. The standard InChI is InChI=1S/C33H32O6S/c34-29-28(23-36-21-24-13-5-1-6-14-24)38-33(40-27-19-11-4-12-20-27)31(39-32(35)26-17-9-3-10-18-26)30(29)37-22-25-15-7-2-8-16-25/h1-20,28-31,33-34H,21-23H2/t28-,29+,30-,31+,33-/m0/s1. The van der Waals surface area contributed by atoms with Crippen molar-refractivity contribution in [3.8, 4) is 0 Å². The maximum Gasteiger partial charge on any atom is 0.338 e. The number of aliphatic hydroxyl groups is 1. The Morgan fingerprint density at radius 1 is 0.725 bits per heavy atom. The molecule has 1 fully saturated rings. The molecular formula is C33H32O6S. The van der Waals surface area contributed by atoms with Crippen molar-refractivity contribution < 1.29 is 28.8 Å². The Balaban J connectivity index is 1.39. The van der Waals surface area contributed by atoms with Gasteiger partial charge in [0.05, 0.1) is 25.4 Å². The van der Waals surface area contributed by atoms with E-state index in [4.69, 9.17) is 18.9 Å². The Morgan fingerprint density at radius 3 is 1.90 bits per heavy atom. The van der Waals surface area contributed by atoms with Gasteiger partial charge in [0.25, 0.3) is 0 Å². The highest BCUT2D eigenvalue weighted by Crippen LogP contribution is 2.37. The number of esters is 1. The molecule has 1 aliphatic heterocycles. The van der Waals surface area contributed by atoms with Crippen LogP contribution in [0.2, 0.25) is 0 Å². The van der Waals surface area contributed by atoms with Crippen molar-refractivity contribution in [2.45, 2.75) is 48.0 Å². The third kappa shape index (κ3) is 7.59. The number of hydrogen-bond donors (Lipinski definition) is 1. The number of aliphatic hydroxyl groups excluding tert-OH is 1. The largest absolute Gasteiger partial charge is 0.452 e. The number of benzene rings is 4. The van der Waals surface area contributed by atoms with E-state index in [0.717, 1.165) is 16.0 Å². The lowest BCUT2D eigenvalue weighted by molar-refractivity contribution is -0.227. The summed E-state index contributed by atoms with van der Waals surface area (Å²) in [5.41, 5.74) is 1.73. The lowest BCUT2D eigenvalue weighted by Gasteiger charge is -2.43. The molecule has 5 atom stereocenters. The number of thioether (sulfide) groups is 1. The smallest absolute Gasteiger partial charge is 0.338 e. The van der Waals surface area contributed by atoms with Gasteiger partial charge < -0.3 is 24.1 Å². The summed E-state index contributed by atoms with van der Waals surface area (Å²) >= 11 is 1.42. The van der Waals surface area contributed by atoms with Crippen LogP contribution in [0.5, 0.6) is 0 Å². The predicted molar refractivity (Wildman–Crippen MR) is 154 cm³/mol. The van der Waals surface area contributed by atoms with Gasteiger partial charge in [0.2, 0.25) is 0 Å². The van der Waals surface area contributed by atoms with Crippen molar-refractivity contribution >= 4 is 17.7 Å². The van der Waals surface area contributed by atoms with Gasteiger partial charge in [-0.15, -0.1) is 0 Å². The number of ether oxygens (including phenoxy) is 4. The van der Waals surface area contributed by atoms with Crippen LogP contribution in [0.15, 0.2) is 126 Å². The Hall–Kier alpha value is -3.46. The number of rotatable bonds is 11. The molecule has 0 radical (unpaired) electrons. The zero-order valence-corrected chi connectivity index (χ0v) is 22.8. The zero-order valence-electron chi connectivity index (χ0n) is 22.0. The third-order valence-corrected chi connectivity index (χ3v) is 7.70. The fourth-order valence-corrected chi connectivity index (χ4v) is 5.60. The van der Waals surface area contributed by atoms with E-state index in [-0.39, 0.29) is 13.2 Å². The second-order valence-corrected chi connectivity index (χ2v) is 10.6. The Morgan fingerprint density at radius 2 is 1.27 bits per heavy atom. The second-order valence-electron chi connectivity index (χ2n) is 9.46. The molecule has 0 aliphatic carbocycles. The van der Waals surface area contributed by atoms with Gasteiger partial charge in [0.1, 0.15) is 23.7 Å². The molecule has 0 aromatic heterocycles. The highest BCUT2D eigenvalue weighted by atomic mass is 32.2. The first-order chi connectivity index (χ1) is 19.7. The zero-order chi connectivity index (χ0) is 27.6. The van der Waals surface area contributed by atoms with E-state index in [0.29, 0.717) is 12.2 Å². The maximum atomic E-state index is 13.2. The van der Waals surface area contributed by atoms with Crippen molar-refractivity contribution in [2.75, 3.05) is 6.61 Å². The van der Waals surface area contributed by atoms with Crippen LogP contribution in [-0.2, 0) is 32.2 Å². The molecule has 0 spiro atoms. The highest BCUT2D eigenvalue weighted by Gasteiger charge is 2.49. The van der Waals surface area contributed by atoms with Crippen LogP contribution in [0.1, 0.15) is 21.5 Å². The summed E-state index contributed by atoms with van der Waals surface area (Å²) in [4.78, 5) is 14.1. The fraction of sp³-hybridized carbons (Fsp3) is 0.242. The lowest BCUT2D eigenvalue weighted by atomic mass is 9.99. The van der Waals surface area contributed by atoms with Crippen molar-refractivity contribution in [1.82, 2.24) is 0 Å². The van der Waals surface area contributed by atoms with E-state index in [1.165, 1.54) is 11.8 Å². The second kappa shape index (κ2) is 14.3. The summed E-state index contributed by atoms with van der Waals surface area (Å²) < 4.78 is 24.7. The van der Waals surface area contributed by atoms with Gasteiger partial charge in [0.15, 0.2) is 6.10 Å². The normalized spacial score (nSPS) is 22.5. The molecule has 1 N–H and O–H groups in total. The third-order valence-electron chi connectivity index (χ3n) is 6.55. The first-order valence-corrected chi connectivity index (χ1v) is 14.1. The molecule has 6 nitrogen and oxygen atoms in total. The molecule has 7 heteroatoms. The van der Waals surface area contributed by atoms with Crippen LogP contribution in [0.3, 0.4) is 0 Å². The van der Waals surface area contributed by atoms with E-state index < -0.39 is 35.8 Å². The topological polar surface area (TPSA) is 74.2 Å². The lowest BCUT2D eigenvalue weighted by Crippen LogP contribution is -2.60. The SMILES string of the molecule is O=C(O[C@@H]1[C@@H](OCc2ccccc2)[C@H](O)[C@H](COCc2ccccc2)O[C@H]1Sc1ccccc1)c1ccccc1. The molecule has 0 amide bonds. The van der Waals surface area contributed by atoms with Crippen molar-refractivity contribution in [2.24, 2.45) is 0 Å². The molecule has 0 bridgehead atoms. The fourth-order valence-electron chi connectivity index (χ4n) is 4.47. The van der Waals surface area contributed by atoms with Crippen LogP contribution in [0, 0.1) is 0 Å². The molecule has 40 heavy (non-hydrogen) atoms. The maximum absolute atomic E-state index is 13.2. The monoisotopic (exact) mass is 556 g/mol. The van der Waals surface area contributed by atoms with Gasteiger partial charge in [-0.3, -0.25) is 0 Å². The van der Waals surface area contributed by atoms with Gasteiger partial charge in [-0.2, -0.15) is 0 Å². The molecule has 4 aromatic carbocycles. The molecule has 5 rings (SSSR count). The molecule has 0 unspecified atom stereocenters. The van der Waals surface area contributed by atoms with Gasteiger partial charge in [0, 0.05) is 4.90 Å². The summed E-state index contributed by atoms with van der Waals surface area (Å²) in [7, 11) is 0. The van der Waals surface area contributed by atoms with Crippen LogP contribution in [0.25, 0.3) is 0 Å². The predicted octanol–water partition coefficient (Wildman–Crippen LogP) is 5.89. The summed E-state index contributed by atoms with van der Waals surface area (Å²) in [5.74, 6) is -0.507. The minimum Gasteiger partial charge on any atom is -0.452 e. The summed E-state index contributed by atoms with van der Waals surface area (Å²) in [6.45, 7) is 0.764. The Kier molecular flexibility index (Phi) is 10.0. The molecule has 0 saturated carbocycles. The summed E-state index contributed by atoms with van der Waals surface area (Å²) in [5, 5.41) is 11.5. The van der Waals surface area contributed by atoms with Gasteiger partial charge >= 0.3 is 5.97 Å². The van der Waals surface area contributed by atoms with Crippen molar-refractivity contribution in [3.05, 3.63) is 138 Å². The number of carbonyl (C=O) groups excluding carboxylic acids is 1. The average Bonchev–Trinajstić information content (AvgIpc) is 3.01. The molecule has 1 heterocycles. The average molecular weight is 557 g/mol. The highest BCUT2D eigenvalue weighted by molar-refractivity contribution is 7.99. The number of hydrogen-bond acceptors (Lipinski definition) is 7. The molecule has 1 saturated heterocycles. The van der Waals surface area contributed by atoms with Gasteiger partial charge in [-0.05, 0) is 35.4 Å². The van der Waals surface area contributed by atoms with Crippen LogP contribution < -0.4 is 0 Å². The molecule has 4 aromatic rings. The summed E-state index contributed by atoms with van der Waals surface area (Å²) in [6.07, 6.45) is -3.53. The van der Waals surface area contributed by atoms with Crippen LogP contribution in [0.4, 0.5) is 0 Å². The number of carbonyl (C=O) groups is 1. The molecule has 206 valence electrons. The van der Waals surface area contributed by atoms with Crippen molar-refractivity contribution in [1.29, 1.82) is 0 Å². The Labute approximate surface area is 238 Å². The molecule has 1 aliphatic rings. The Bertz CT molecular complexity index is 1310. The van der Waals surface area contributed by atoms with Crippen LogP contribution in [-0.4, -0.2) is 47.5 Å². The summed E-state index contributed by atoms with van der Waals surface area (Å²) in [6, 6.07) is 38.1. The first kappa shape index (κ1) is 28.1. The quantitative estimate of drug-likeness (QED) is 0.231. The molecular weight excluding hydrogens is 524 g/mol. The van der Waals surface area contributed by atoms with E-state index in [1.54, 1.807) is 24.3 Å². The van der Waals surface area contributed by atoms with Gasteiger partial charge in [-0.1, -0.05) is 109 Å². The van der Waals surface area contributed by atoms with E-state index >= 15 is 0 Å².